The number of carbonyl (C=O) groups is 3. The molecule has 0 radical (unpaired) electrons. The van der Waals surface area contributed by atoms with E-state index in [9.17, 15) is 14.4 Å². The SMILES string of the molecule is COC(=O)C1=C(Nc2cccc(C(=O)Nc3c(C)cccc3C)c2)C(=O)N(CCO)C1. The third kappa shape index (κ3) is 4.75. The predicted octanol–water partition coefficient (Wildman–Crippen LogP) is 2.23. The second kappa shape index (κ2) is 9.44. The molecule has 31 heavy (non-hydrogen) atoms. The quantitative estimate of drug-likeness (QED) is 0.590. The largest absolute Gasteiger partial charge is 0.466 e. The van der Waals surface area contributed by atoms with Crippen LogP contribution in [0.25, 0.3) is 0 Å². The fourth-order valence-corrected chi connectivity index (χ4v) is 3.43. The van der Waals surface area contributed by atoms with E-state index >= 15 is 0 Å². The minimum atomic E-state index is -0.625. The maximum absolute atomic E-state index is 12.8. The Hall–Kier alpha value is -3.65. The van der Waals surface area contributed by atoms with Crippen LogP contribution >= 0.6 is 0 Å². The van der Waals surface area contributed by atoms with Gasteiger partial charge in [-0.15, -0.1) is 0 Å². The van der Waals surface area contributed by atoms with Crippen LogP contribution in [0.1, 0.15) is 21.5 Å². The maximum Gasteiger partial charge on any atom is 0.337 e. The zero-order chi connectivity index (χ0) is 22.5. The molecular formula is C23H25N3O5. The van der Waals surface area contributed by atoms with Crippen molar-refractivity contribution in [3.8, 4) is 0 Å². The van der Waals surface area contributed by atoms with Gasteiger partial charge >= 0.3 is 5.97 Å². The molecule has 0 spiro atoms. The summed E-state index contributed by atoms with van der Waals surface area (Å²) in [7, 11) is 1.24. The van der Waals surface area contributed by atoms with Crippen molar-refractivity contribution in [2.75, 3.05) is 37.4 Å². The Labute approximate surface area is 180 Å². The molecule has 0 bridgehead atoms. The molecule has 1 aliphatic heterocycles. The molecule has 0 atom stereocenters. The minimum absolute atomic E-state index is 0.0428. The van der Waals surface area contributed by atoms with Crippen molar-refractivity contribution in [3.05, 3.63) is 70.4 Å². The van der Waals surface area contributed by atoms with E-state index in [0.29, 0.717) is 11.3 Å². The molecule has 0 aliphatic carbocycles. The summed E-state index contributed by atoms with van der Waals surface area (Å²) in [5, 5.41) is 15.0. The molecule has 2 aromatic rings. The van der Waals surface area contributed by atoms with Crippen LogP contribution in [0.3, 0.4) is 0 Å². The predicted molar refractivity (Wildman–Crippen MR) is 117 cm³/mol. The summed E-state index contributed by atoms with van der Waals surface area (Å²) in [6, 6.07) is 12.4. The average Bonchev–Trinajstić information content (AvgIpc) is 3.06. The fourth-order valence-electron chi connectivity index (χ4n) is 3.43. The van der Waals surface area contributed by atoms with Crippen LogP contribution in [0.15, 0.2) is 53.7 Å². The molecular weight excluding hydrogens is 398 g/mol. The maximum atomic E-state index is 12.8. The lowest BCUT2D eigenvalue weighted by atomic mass is 10.1. The van der Waals surface area contributed by atoms with Crippen molar-refractivity contribution in [2.24, 2.45) is 0 Å². The Morgan fingerprint density at radius 3 is 2.45 bits per heavy atom. The molecule has 2 amide bonds. The van der Waals surface area contributed by atoms with Gasteiger partial charge in [0.1, 0.15) is 5.70 Å². The van der Waals surface area contributed by atoms with Crippen molar-refractivity contribution in [3.63, 3.8) is 0 Å². The second-order valence-corrected chi connectivity index (χ2v) is 7.22. The number of nitrogens with one attached hydrogen (secondary N) is 2. The zero-order valence-corrected chi connectivity index (χ0v) is 17.7. The van der Waals surface area contributed by atoms with Gasteiger partial charge in [-0.25, -0.2) is 4.79 Å². The zero-order valence-electron chi connectivity index (χ0n) is 17.7. The molecule has 162 valence electrons. The molecule has 3 N–H and O–H groups in total. The van der Waals surface area contributed by atoms with E-state index < -0.39 is 11.9 Å². The monoisotopic (exact) mass is 423 g/mol. The van der Waals surface area contributed by atoms with Gasteiger partial charge in [0.2, 0.25) is 0 Å². The number of esters is 1. The van der Waals surface area contributed by atoms with E-state index in [-0.39, 0.29) is 36.9 Å². The molecule has 0 unspecified atom stereocenters. The van der Waals surface area contributed by atoms with Crippen LogP contribution in [0.4, 0.5) is 11.4 Å². The number of β-amino-alcohol motifs (C(OH)–C–C–N with tert-alkyl or cyclic N) is 1. The van der Waals surface area contributed by atoms with Gasteiger partial charge in [-0.3, -0.25) is 9.59 Å². The molecule has 8 nitrogen and oxygen atoms in total. The number of methoxy groups -OCH3 is 1. The topological polar surface area (TPSA) is 108 Å². The average molecular weight is 423 g/mol. The van der Waals surface area contributed by atoms with Gasteiger partial charge in [0.05, 0.1) is 25.8 Å². The summed E-state index contributed by atoms with van der Waals surface area (Å²) < 4.78 is 4.79. The van der Waals surface area contributed by atoms with Crippen LogP contribution in [-0.4, -0.2) is 54.6 Å². The summed E-state index contributed by atoms with van der Waals surface area (Å²) in [5.74, 6) is -1.33. The molecule has 8 heteroatoms. The standard InChI is InChI=1S/C23H25N3O5/c1-14-6-4-7-15(2)19(14)25-21(28)16-8-5-9-17(12-16)24-20-18(23(30)31-3)13-26(10-11-27)22(20)29/h4-9,12,24,27H,10-11,13H2,1-3H3,(H,25,28). The normalized spacial score (nSPS) is 13.4. The van der Waals surface area contributed by atoms with Crippen molar-refractivity contribution in [1.82, 2.24) is 4.90 Å². The summed E-state index contributed by atoms with van der Waals surface area (Å²) in [6.45, 7) is 3.77. The number of hydrogen-bond acceptors (Lipinski definition) is 6. The lowest BCUT2D eigenvalue weighted by Crippen LogP contribution is -2.31. The van der Waals surface area contributed by atoms with E-state index in [1.54, 1.807) is 24.3 Å². The van der Waals surface area contributed by atoms with E-state index in [1.807, 2.05) is 32.0 Å². The smallest absolute Gasteiger partial charge is 0.337 e. The fraction of sp³-hybridized carbons (Fsp3) is 0.261. The van der Waals surface area contributed by atoms with Crippen molar-refractivity contribution >= 4 is 29.2 Å². The minimum Gasteiger partial charge on any atom is -0.466 e. The number of aryl methyl sites for hydroxylation is 2. The van der Waals surface area contributed by atoms with Crippen LogP contribution < -0.4 is 10.6 Å². The number of ether oxygens (including phenoxy) is 1. The van der Waals surface area contributed by atoms with Gasteiger partial charge < -0.3 is 25.4 Å². The number of anilines is 2. The summed E-state index contributed by atoms with van der Waals surface area (Å²) in [6.07, 6.45) is 0. The first-order valence-electron chi connectivity index (χ1n) is 9.82. The number of aliphatic hydroxyl groups excluding tert-OH is 1. The van der Waals surface area contributed by atoms with Crippen molar-refractivity contribution in [1.29, 1.82) is 0 Å². The Morgan fingerprint density at radius 1 is 1.13 bits per heavy atom. The third-order valence-corrected chi connectivity index (χ3v) is 5.07. The summed E-state index contributed by atoms with van der Waals surface area (Å²) in [4.78, 5) is 39.0. The highest BCUT2D eigenvalue weighted by Gasteiger charge is 2.34. The number of para-hydroxylation sites is 1. The molecule has 1 heterocycles. The van der Waals surface area contributed by atoms with Crippen LogP contribution in [0.5, 0.6) is 0 Å². The van der Waals surface area contributed by atoms with Gasteiger partial charge in [0.25, 0.3) is 11.8 Å². The van der Waals surface area contributed by atoms with E-state index in [2.05, 4.69) is 10.6 Å². The van der Waals surface area contributed by atoms with Crippen LogP contribution in [0, 0.1) is 13.8 Å². The first-order chi connectivity index (χ1) is 14.8. The van der Waals surface area contributed by atoms with Crippen molar-refractivity contribution < 1.29 is 24.2 Å². The summed E-state index contributed by atoms with van der Waals surface area (Å²) >= 11 is 0. The molecule has 0 saturated carbocycles. The third-order valence-electron chi connectivity index (χ3n) is 5.07. The highest BCUT2D eigenvalue weighted by molar-refractivity contribution is 6.09. The van der Waals surface area contributed by atoms with Gasteiger partial charge in [-0.05, 0) is 43.2 Å². The highest BCUT2D eigenvalue weighted by atomic mass is 16.5. The van der Waals surface area contributed by atoms with Gasteiger partial charge in [0, 0.05) is 23.5 Å². The number of carbonyl (C=O) groups excluding carboxylic acids is 3. The first kappa shape index (κ1) is 22.0. The van der Waals surface area contributed by atoms with Crippen LogP contribution in [0.2, 0.25) is 0 Å². The van der Waals surface area contributed by atoms with Gasteiger partial charge in [-0.2, -0.15) is 0 Å². The molecule has 2 aromatic carbocycles. The number of amides is 2. The lowest BCUT2D eigenvalue weighted by molar-refractivity contribution is -0.136. The second-order valence-electron chi connectivity index (χ2n) is 7.22. The molecule has 1 aliphatic rings. The Morgan fingerprint density at radius 2 is 1.81 bits per heavy atom. The summed E-state index contributed by atoms with van der Waals surface area (Å²) in [5.41, 5.74) is 3.79. The highest BCUT2D eigenvalue weighted by Crippen LogP contribution is 2.24. The molecule has 0 fully saturated rings. The Kier molecular flexibility index (Phi) is 6.71. The van der Waals surface area contributed by atoms with Gasteiger partial charge in [0.15, 0.2) is 0 Å². The number of hydrogen-bond donors (Lipinski definition) is 3. The van der Waals surface area contributed by atoms with Gasteiger partial charge in [-0.1, -0.05) is 24.3 Å². The van der Waals surface area contributed by atoms with E-state index in [4.69, 9.17) is 9.84 Å². The Bertz CT molecular complexity index is 1040. The lowest BCUT2D eigenvalue weighted by Gasteiger charge is -2.15. The van der Waals surface area contributed by atoms with Crippen LogP contribution in [-0.2, 0) is 14.3 Å². The Balaban J connectivity index is 1.84. The number of nitrogens with zero attached hydrogens (tertiary/aromatic N) is 1. The van der Waals surface area contributed by atoms with E-state index in [0.717, 1.165) is 16.8 Å². The van der Waals surface area contributed by atoms with Crippen molar-refractivity contribution in [2.45, 2.75) is 13.8 Å². The molecule has 0 aromatic heterocycles. The number of aliphatic hydroxyl groups is 1. The van der Waals surface area contributed by atoms with E-state index in [1.165, 1.54) is 12.0 Å². The molecule has 0 saturated heterocycles. The number of benzene rings is 2. The number of rotatable bonds is 7. The first-order valence-corrected chi connectivity index (χ1v) is 9.82. The molecule has 3 rings (SSSR count).